The summed E-state index contributed by atoms with van der Waals surface area (Å²) < 4.78 is 5.77. The second kappa shape index (κ2) is 7.54. The van der Waals surface area contributed by atoms with Crippen molar-refractivity contribution < 1.29 is 4.74 Å². The van der Waals surface area contributed by atoms with Crippen molar-refractivity contribution in [1.82, 2.24) is 4.98 Å². The summed E-state index contributed by atoms with van der Waals surface area (Å²) in [7, 11) is 0. The van der Waals surface area contributed by atoms with Gasteiger partial charge in [0, 0.05) is 16.5 Å². The molecule has 1 aromatic carbocycles. The Morgan fingerprint density at radius 1 is 1.12 bits per heavy atom. The topological polar surface area (TPSA) is 22.1 Å². The third-order valence-corrected chi connectivity index (χ3v) is 4.67. The molecule has 0 unspecified atom stereocenters. The average Bonchev–Trinajstić information content (AvgIpc) is 2.60. The van der Waals surface area contributed by atoms with Gasteiger partial charge in [-0.25, -0.2) is 4.98 Å². The Hall–Kier alpha value is -2.26. The van der Waals surface area contributed by atoms with Crippen LogP contribution in [0, 0.1) is 13.8 Å². The number of hydrogen-bond acceptors (Lipinski definition) is 3. The maximum atomic E-state index is 5.77. The number of aromatic nitrogens is 1. The maximum absolute atomic E-state index is 5.77. The summed E-state index contributed by atoms with van der Waals surface area (Å²) in [6, 6.07) is 10.3. The Morgan fingerprint density at radius 3 is 2.58 bits per heavy atom. The summed E-state index contributed by atoms with van der Waals surface area (Å²) in [5, 5.41) is 0. The van der Waals surface area contributed by atoms with Crippen molar-refractivity contribution in [2.45, 2.75) is 25.2 Å². The number of rotatable bonds is 4. The second-order valence-corrected chi connectivity index (χ2v) is 6.68. The number of hydrogen-bond donors (Lipinski definition) is 0. The third-order valence-electron chi connectivity index (χ3n) is 3.96. The van der Waals surface area contributed by atoms with Crippen molar-refractivity contribution in [3.05, 3.63) is 77.6 Å². The third kappa shape index (κ3) is 3.80. The van der Waals surface area contributed by atoms with E-state index >= 15 is 0 Å². The lowest BCUT2D eigenvalue weighted by atomic mass is 9.99. The van der Waals surface area contributed by atoms with Crippen LogP contribution in [0.25, 0.3) is 11.3 Å². The van der Waals surface area contributed by atoms with Gasteiger partial charge in [0.2, 0.25) is 5.88 Å². The Balaban J connectivity index is 1.88. The highest BCUT2D eigenvalue weighted by Crippen LogP contribution is 2.31. The van der Waals surface area contributed by atoms with Gasteiger partial charge in [0.15, 0.2) is 0 Å². The summed E-state index contributed by atoms with van der Waals surface area (Å²) in [4.78, 5) is 5.97. The van der Waals surface area contributed by atoms with Crippen molar-refractivity contribution in [2.24, 2.45) is 0 Å². The fraction of sp³-hybridized carbons (Fsp3) is 0.190. The molecular weight excluding hydrogens is 314 g/mol. The number of pyridine rings is 1. The van der Waals surface area contributed by atoms with Gasteiger partial charge >= 0.3 is 0 Å². The molecule has 2 aromatic rings. The minimum atomic E-state index is 0.621. The van der Waals surface area contributed by atoms with E-state index in [4.69, 9.17) is 4.74 Å². The molecule has 122 valence electrons. The molecule has 1 aliphatic carbocycles. The maximum Gasteiger partial charge on any atom is 0.218 e. The molecule has 0 aliphatic heterocycles. The Labute approximate surface area is 148 Å². The van der Waals surface area contributed by atoms with E-state index in [2.05, 4.69) is 49.4 Å². The molecule has 1 heterocycles. The van der Waals surface area contributed by atoms with Crippen molar-refractivity contribution in [1.29, 1.82) is 0 Å². The predicted octanol–water partition coefficient (Wildman–Crippen LogP) is 5.87. The fourth-order valence-corrected chi connectivity index (χ4v) is 3.41. The van der Waals surface area contributed by atoms with Gasteiger partial charge in [0.1, 0.15) is 0 Å². The Kier molecular flexibility index (Phi) is 5.21. The first-order valence-corrected chi connectivity index (χ1v) is 9.21. The molecule has 0 radical (unpaired) electrons. The summed E-state index contributed by atoms with van der Waals surface area (Å²) >= 11 is 1.76. The van der Waals surface area contributed by atoms with Gasteiger partial charge in [0.05, 0.1) is 12.0 Å². The number of benzene rings is 1. The molecule has 0 spiro atoms. The zero-order chi connectivity index (χ0) is 16.9. The van der Waals surface area contributed by atoms with Crippen LogP contribution >= 0.6 is 11.8 Å². The molecule has 3 rings (SSSR count). The molecule has 0 fully saturated rings. The molecule has 0 bridgehead atoms. The van der Waals surface area contributed by atoms with E-state index in [0.29, 0.717) is 5.88 Å². The van der Waals surface area contributed by atoms with E-state index in [1.807, 2.05) is 30.4 Å². The molecular formula is C21H21NOS. The summed E-state index contributed by atoms with van der Waals surface area (Å²) in [5.74, 6) is 0.621. The highest BCUT2D eigenvalue weighted by molar-refractivity contribution is 7.98. The molecule has 2 nitrogen and oxygen atoms in total. The van der Waals surface area contributed by atoms with E-state index in [-0.39, 0.29) is 0 Å². The molecule has 0 saturated carbocycles. The smallest absolute Gasteiger partial charge is 0.218 e. The molecule has 0 saturated heterocycles. The monoisotopic (exact) mass is 335 g/mol. The lowest BCUT2D eigenvalue weighted by Crippen LogP contribution is -1.95. The summed E-state index contributed by atoms with van der Waals surface area (Å²) in [6.45, 7) is 4.27. The largest absolute Gasteiger partial charge is 0.446 e. The average molecular weight is 335 g/mol. The van der Waals surface area contributed by atoms with Crippen LogP contribution in [-0.2, 0) is 0 Å². The Bertz CT molecular complexity index is 810. The van der Waals surface area contributed by atoms with E-state index in [9.17, 15) is 0 Å². The highest BCUT2D eigenvalue weighted by Gasteiger charge is 2.10. The van der Waals surface area contributed by atoms with Crippen LogP contribution in [0.2, 0.25) is 0 Å². The number of ether oxygens (including phenoxy) is 1. The van der Waals surface area contributed by atoms with Crippen LogP contribution in [0.5, 0.6) is 5.88 Å². The highest BCUT2D eigenvalue weighted by atomic mass is 32.2. The lowest BCUT2D eigenvalue weighted by Gasteiger charge is -2.12. The minimum absolute atomic E-state index is 0.621. The SMILES string of the molecule is CSc1cc(C)c(-c2cccc(OC=C3C=CC=CC3)n2)c(C)c1. The number of thioether (sulfide) groups is 1. The standard InChI is InChI=1S/C21H21NOS/c1-15-12-18(24-3)13-16(2)21(15)19-10-7-11-20(22-19)23-14-17-8-5-4-6-9-17/h4-8,10-14H,9H2,1-3H3. The van der Waals surface area contributed by atoms with E-state index in [0.717, 1.165) is 17.7 Å². The first-order valence-electron chi connectivity index (χ1n) is 7.99. The van der Waals surface area contributed by atoms with Crippen molar-refractivity contribution in [2.75, 3.05) is 6.26 Å². The molecule has 0 N–H and O–H groups in total. The summed E-state index contributed by atoms with van der Waals surface area (Å²) in [6.07, 6.45) is 13.0. The van der Waals surface area contributed by atoms with Gasteiger partial charge in [-0.15, -0.1) is 11.8 Å². The van der Waals surface area contributed by atoms with Gasteiger partial charge in [-0.3, -0.25) is 0 Å². The van der Waals surface area contributed by atoms with Crippen molar-refractivity contribution in [3.63, 3.8) is 0 Å². The van der Waals surface area contributed by atoms with Gasteiger partial charge in [-0.2, -0.15) is 0 Å². The zero-order valence-electron chi connectivity index (χ0n) is 14.2. The Morgan fingerprint density at radius 2 is 1.92 bits per heavy atom. The van der Waals surface area contributed by atoms with Gasteiger partial charge in [-0.05, 0) is 61.4 Å². The van der Waals surface area contributed by atoms with Crippen LogP contribution in [0.1, 0.15) is 17.5 Å². The van der Waals surface area contributed by atoms with Crippen LogP contribution < -0.4 is 4.74 Å². The zero-order valence-corrected chi connectivity index (χ0v) is 15.1. The normalized spacial score (nSPS) is 15.0. The number of nitrogens with zero attached hydrogens (tertiary/aromatic N) is 1. The molecule has 0 amide bonds. The fourth-order valence-electron chi connectivity index (χ4n) is 2.82. The first kappa shape index (κ1) is 16.6. The summed E-state index contributed by atoms with van der Waals surface area (Å²) in [5.41, 5.74) is 5.76. The van der Waals surface area contributed by atoms with E-state index < -0.39 is 0 Å². The van der Waals surface area contributed by atoms with Crippen molar-refractivity contribution in [3.8, 4) is 17.1 Å². The molecule has 0 atom stereocenters. The van der Waals surface area contributed by atoms with E-state index in [1.54, 1.807) is 18.0 Å². The minimum Gasteiger partial charge on any atom is -0.446 e. The second-order valence-electron chi connectivity index (χ2n) is 5.80. The quantitative estimate of drug-likeness (QED) is 0.515. The van der Waals surface area contributed by atoms with E-state index in [1.165, 1.54) is 21.6 Å². The van der Waals surface area contributed by atoms with Gasteiger partial charge < -0.3 is 4.74 Å². The molecule has 1 aliphatic rings. The van der Waals surface area contributed by atoms with Gasteiger partial charge in [-0.1, -0.05) is 30.4 Å². The lowest BCUT2D eigenvalue weighted by molar-refractivity contribution is 0.457. The molecule has 24 heavy (non-hydrogen) atoms. The van der Waals surface area contributed by atoms with Crippen LogP contribution in [-0.4, -0.2) is 11.2 Å². The van der Waals surface area contributed by atoms with Crippen LogP contribution in [0.4, 0.5) is 0 Å². The number of allylic oxidation sites excluding steroid dienone is 5. The predicted molar refractivity (Wildman–Crippen MR) is 103 cm³/mol. The molecule has 1 aromatic heterocycles. The van der Waals surface area contributed by atoms with Crippen LogP contribution in [0.3, 0.4) is 0 Å². The van der Waals surface area contributed by atoms with Gasteiger partial charge in [0.25, 0.3) is 0 Å². The van der Waals surface area contributed by atoms with Crippen LogP contribution in [0.15, 0.2) is 71.4 Å². The molecule has 3 heteroatoms. The first-order chi connectivity index (χ1) is 11.7. The number of aryl methyl sites for hydroxylation is 2. The van der Waals surface area contributed by atoms with Crippen molar-refractivity contribution >= 4 is 11.8 Å².